The highest BCUT2D eigenvalue weighted by Gasteiger charge is 2.16. The fourth-order valence-electron chi connectivity index (χ4n) is 1.50. The number of aryl methyl sites for hydroxylation is 1. The zero-order valence-electron chi connectivity index (χ0n) is 12.0. The summed E-state index contributed by atoms with van der Waals surface area (Å²) in [6.07, 6.45) is 3.33. The number of nitrogens with one attached hydrogen (secondary N) is 1. The minimum absolute atomic E-state index is 0.449. The van der Waals surface area contributed by atoms with Crippen molar-refractivity contribution in [3.05, 3.63) is 35.4 Å². The van der Waals surface area contributed by atoms with Gasteiger partial charge in [0.1, 0.15) is 5.60 Å². The van der Waals surface area contributed by atoms with Crippen molar-refractivity contribution < 1.29 is 9.53 Å². The second-order valence-electron chi connectivity index (χ2n) is 5.34. The average Bonchev–Trinajstić information content (AvgIpc) is 2.27. The van der Waals surface area contributed by atoms with Crippen LogP contribution in [-0.4, -0.2) is 18.2 Å². The van der Waals surface area contributed by atoms with E-state index in [1.165, 1.54) is 0 Å². The Morgan fingerprint density at radius 1 is 1.42 bits per heavy atom. The average molecular weight is 262 g/mol. The van der Waals surface area contributed by atoms with Crippen LogP contribution in [-0.2, 0) is 4.74 Å². The van der Waals surface area contributed by atoms with Crippen molar-refractivity contribution in [2.75, 3.05) is 11.9 Å². The van der Waals surface area contributed by atoms with Crippen LogP contribution in [0.4, 0.5) is 10.5 Å². The van der Waals surface area contributed by atoms with Crippen LogP contribution in [0, 0.1) is 6.92 Å². The Morgan fingerprint density at radius 3 is 2.68 bits per heavy atom. The van der Waals surface area contributed by atoms with E-state index < -0.39 is 11.7 Å². The molecule has 1 rings (SSSR count). The van der Waals surface area contributed by atoms with Gasteiger partial charge >= 0.3 is 6.09 Å². The van der Waals surface area contributed by atoms with Gasteiger partial charge in [-0.05, 0) is 44.9 Å². The van der Waals surface area contributed by atoms with Gasteiger partial charge < -0.3 is 10.5 Å². The van der Waals surface area contributed by atoms with Crippen LogP contribution in [0.15, 0.2) is 24.3 Å². The van der Waals surface area contributed by atoms with Gasteiger partial charge in [0.25, 0.3) is 0 Å². The predicted octanol–water partition coefficient (Wildman–Crippen LogP) is 3.31. The molecule has 3 N–H and O–H groups in total. The van der Waals surface area contributed by atoms with Gasteiger partial charge in [-0.25, -0.2) is 4.79 Å². The first-order valence-electron chi connectivity index (χ1n) is 6.29. The summed E-state index contributed by atoms with van der Waals surface area (Å²) in [6.45, 7) is 7.92. The van der Waals surface area contributed by atoms with Gasteiger partial charge in [0, 0.05) is 12.2 Å². The molecule has 0 aliphatic carbocycles. The van der Waals surface area contributed by atoms with Crippen LogP contribution in [0.2, 0.25) is 0 Å². The van der Waals surface area contributed by atoms with Gasteiger partial charge in [-0.3, -0.25) is 5.32 Å². The van der Waals surface area contributed by atoms with Crippen LogP contribution >= 0.6 is 0 Å². The van der Waals surface area contributed by atoms with Gasteiger partial charge in [0.05, 0.1) is 0 Å². The molecule has 0 atom stereocenters. The second-order valence-corrected chi connectivity index (χ2v) is 5.34. The highest BCUT2D eigenvalue weighted by Crippen LogP contribution is 2.19. The minimum atomic E-state index is -0.505. The molecule has 19 heavy (non-hydrogen) atoms. The summed E-state index contributed by atoms with van der Waals surface area (Å²) in [5.74, 6) is 0. The first-order valence-corrected chi connectivity index (χ1v) is 6.29. The molecule has 0 saturated heterocycles. The molecule has 0 aromatic heterocycles. The molecule has 0 heterocycles. The highest BCUT2D eigenvalue weighted by atomic mass is 16.6. The summed E-state index contributed by atoms with van der Waals surface area (Å²) in [7, 11) is 0. The molecule has 0 bridgehead atoms. The number of carbonyl (C=O) groups is 1. The Labute approximate surface area is 114 Å². The van der Waals surface area contributed by atoms with Crippen molar-refractivity contribution in [3.63, 3.8) is 0 Å². The smallest absolute Gasteiger partial charge is 0.412 e. The standard InChI is InChI=1S/C15H22N2O2/c1-11-7-8-12(6-5-9-16)10-13(11)17-14(18)19-15(2,3)4/h5-8,10H,9,16H2,1-4H3,(H,17,18)/b6-5+. The van der Waals surface area contributed by atoms with Gasteiger partial charge in [0.15, 0.2) is 0 Å². The lowest BCUT2D eigenvalue weighted by Gasteiger charge is -2.20. The highest BCUT2D eigenvalue weighted by molar-refractivity contribution is 5.86. The summed E-state index contributed by atoms with van der Waals surface area (Å²) < 4.78 is 5.23. The van der Waals surface area contributed by atoms with Gasteiger partial charge in [-0.15, -0.1) is 0 Å². The maximum absolute atomic E-state index is 11.7. The molecule has 1 amide bonds. The van der Waals surface area contributed by atoms with Crippen LogP contribution in [0.1, 0.15) is 31.9 Å². The molecule has 0 spiro atoms. The Hall–Kier alpha value is -1.81. The second kappa shape index (κ2) is 6.38. The van der Waals surface area contributed by atoms with E-state index in [1.54, 1.807) is 0 Å². The molecule has 0 aliphatic heterocycles. The number of benzene rings is 1. The number of ether oxygens (including phenoxy) is 1. The van der Waals surface area contributed by atoms with E-state index in [0.29, 0.717) is 6.54 Å². The molecule has 104 valence electrons. The summed E-state index contributed by atoms with van der Waals surface area (Å²) in [4.78, 5) is 11.7. The topological polar surface area (TPSA) is 64.3 Å². The minimum Gasteiger partial charge on any atom is -0.444 e. The fraction of sp³-hybridized carbons (Fsp3) is 0.400. The Balaban J connectivity index is 2.82. The quantitative estimate of drug-likeness (QED) is 0.878. The number of hydrogen-bond donors (Lipinski definition) is 2. The third-order valence-electron chi connectivity index (χ3n) is 2.34. The van der Waals surface area contributed by atoms with E-state index in [1.807, 2.05) is 58.0 Å². The number of carbonyl (C=O) groups excluding carboxylic acids is 1. The Kier molecular flexibility index (Phi) is 5.12. The van der Waals surface area contributed by atoms with Gasteiger partial charge in [0.2, 0.25) is 0 Å². The van der Waals surface area contributed by atoms with E-state index in [4.69, 9.17) is 10.5 Å². The molecule has 0 radical (unpaired) electrons. The Bertz CT molecular complexity index is 474. The summed E-state index contributed by atoms with van der Waals surface area (Å²) in [5.41, 5.74) is 7.63. The monoisotopic (exact) mass is 262 g/mol. The summed E-state index contributed by atoms with van der Waals surface area (Å²) in [6, 6.07) is 5.82. The molecule has 4 heteroatoms. The fourth-order valence-corrected chi connectivity index (χ4v) is 1.50. The SMILES string of the molecule is Cc1ccc(/C=C/CN)cc1NC(=O)OC(C)(C)C. The third kappa shape index (κ3) is 5.57. The van der Waals surface area contributed by atoms with Gasteiger partial charge in [-0.2, -0.15) is 0 Å². The largest absolute Gasteiger partial charge is 0.444 e. The van der Waals surface area contributed by atoms with Crippen LogP contribution in [0.5, 0.6) is 0 Å². The van der Waals surface area contributed by atoms with Crippen molar-refractivity contribution in [1.29, 1.82) is 0 Å². The van der Waals surface area contributed by atoms with Crippen molar-refractivity contribution in [2.45, 2.75) is 33.3 Å². The lowest BCUT2D eigenvalue weighted by atomic mass is 10.1. The zero-order valence-corrected chi connectivity index (χ0v) is 12.0. The summed E-state index contributed by atoms with van der Waals surface area (Å²) in [5, 5.41) is 2.76. The normalized spacial score (nSPS) is 11.6. The molecule has 4 nitrogen and oxygen atoms in total. The van der Waals surface area contributed by atoms with E-state index in [0.717, 1.165) is 16.8 Å². The van der Waals surface area contributed by atoms with E-state index in [-0.39, 0.29) is 0 Å². The number of amides is 1. The summed E-state index contributed by atoms with van der Waals surface area (Å²) >= 11 is 0. The number of anilines is 1. The third-order valence-corrected chi connectivity index (χ3v) is 2.34. The van der Waals surface area contributed by atoms with Crippen LogP contribution < -0.4 is 11.1 Å². The van der Waals surface area contributed by atoms with E-state index >= 15 is 0 Å². The molecule has 0 fully saturated rings. The maximum atomic E-state index is 11.7. The number of hydrogen-bond acceptors (Lipinski definition) is 3. The van der Waals surface area contributed by atoms with Crippen LogP contribution in [0.3, 0.4) is 0 Å². The zero-order chi connectivity index (χ0) is 14.5. The molecule has 0 unspecified atom stereocenters. The molecular weight excluding hydrogens is 240 g/mol. The lowest BCUT2D eigenvalue weighted by Crippen LogP contribution is -2.27. The van der Waals surface area contributed by atoms with Crippen LogP contribution in [0.25, 0.3) is 6.08 Å². The molecular formula is C15H22N2O2. The van der Waals surface area contributed by atoms with Crippen molar-refractivity contribution in [2.24, 2.45) is 5.73 Å². The van der Waals surface area contributed by atoms with Gasteiger partial charge in [-0.1, -0.05) is 24.3 Å². The molecule has 1 aromatic carbocycles. The Morgan fingerprint density at radius 2 is 2.11 bits per heavy atom. The number of rotatable bonds is 3. The first-order chi connectivity index (χ1) is 8.81. The predicted molar refractivity (Wildman–Crippen MR) is 79.1 cm³/mol. The molecule has 1 aromatic rings. The lowest BCUT2D eigenvalue weighted by molar-refractivity contribution is 0.0636. The van der Waals surface area contributed by atoms with Crippen molar-refractivity contribution in [3.8, 4) is 0 Å². The van der Waals surface area contributed by atoms with E-state index in [9.17, 15) is 4.79 Å². The van der Waals surface area contributed by atoms with E-state index in [2.05, 4.69) is 5.32 Å². The maximum Gasteiger partial charge on any atom is 0.412 e. The number of nitrogens with two attached hydrogens (primary N) is 1. The van der Waals surface area contributed by atoms with Crippen molar-refractivity contribution in [1.82, 2.24) is 0 Å². The molecule has 0 saturated carbocycles. The first kappa shape index (κ1) is 15.2. The van der Waals surface area contributed by atoms with Crippen molar-refractivity contribution >= 4 is 17.9 Å². The molecule has 0 aliphatic rings.